The van der Waals surface area contributed by atoms with Gasteiger partial charge in [-0.1, -0.05) is 0 Å². The Balaban J connectivity index is 2.74. The molecular formula is C12H17F3N2O3S. The summed E-state index contributed by atoms with van der Waals surface area (Å²) < 4.78 is 67.0. The number of methoxy groups -OCH3 is 1. The van der Waals surface area contributed by atoms with E-state index in [0.29, 0.717) is 11.3 Å². The van der Waals surface area contributed by atoms with Crippen molar-refractivity contribution < 1.29 is 26.3 Å². The molecule has 3 N–H and O–H groups in total. The average Bonchev–Trinajstić information content (AvgIpc) is 2.41. The van der Waals surface area contributed by atoms with E-state index < -0.39 is 22.6 Å². The average molecular weight is 326 g/mol. The Labute approximate surface area is 121 Å². The molecule has 0 unspecified atom stereocenters. The molecule has 0 amide bonds. The van der Waals surface area contributed by atoms with Gasteiger partial charge in [0, 0.05) is 25.1 Å². The molecule has 9 heteroatoms. The Morgan fingerprint density at radius 3 is 2.52 bits per heavy atom. The Morgan fingerprint density at radius 1 is 1.33 bits per heavy atom. The third-order valence-corrected chi connectivity index (χ3v) is 4.17. The standard InChI is InChI=1S/C12H17F3N2O3S/c1-20-11-4-3-10(7-9(11)8-16)21(18,19)17-6-2-5-12(13,14)15/h3-4,7,17H,2,5-6,8,16H2,1H3. The van der Waals surface area contributed by atoms with Crippen molar-refractivity contribution in [3.8, 4) is 5.75 Å². The van der Waals surface area contributed by atoms with E-state index in [4.69, 9.17) is 10.5 Å². The molecule has 1 aromatic rings. The number of halogens is 3. The quantitative estimate of drug-likeness (QED) is 0.748. The van der Waals surface area contributed by atoms with Crippen molar-refractivity contribution >= 4 is 10.0 Å². The van der Waals surface area contributed by atoms with Gasteiger partial charge in [0.1, 0.15) is 5.75 Å². The minimum atomic E-state index is -4.29. The zero-order valence-electron chi connectivity index (χ0n) is 11.4. The molecule has 1 rings (SSSR count). The van der Waals surface area contributed by atoms with Crippen molar-refractivity contribution in [3.63, 3.8) is 0 Å². The van der Waals surface area contributed by atoms with E-state index in [1.165, 1.54) is 25.3 Å². The van der Waals surface area contributed by atoms with Crippen molar-refractivity contribution in [2.75, 3.05) is 13.7 Å². The highest BCUT2D eigenvalue weighted by Gasteiger charge is 2.26. The molecule has 0 saturated carbocycles. The van der Waals surface area contributed by atoms with Gasteiger partial charge in [-0.15, -0.1) is 0 Å². The molecule has 0 radical (unpaired) electrons. The van der Waals surface area contributed by atoms with Crippen molar-refractivity contribution in [1.82, 2.24) is 4.72 Å². The molecular weight excluding hydrogens is 309 g/mol. The second-order valence-electron chi connectivity index (χ2n) is 4.29. The summed E-state index contributed by atoms with van der Waals surface area (Å²) in [5.74, 6) is 0.452. The first-order valence-corrected chi connectivity index (χ1v) is 7.61. The number of hydrogen-bond acceptors (Lipinski definition) is 4. The first kappa shape index (κ1) is 17.7. The smallest absolute Gasteiger partial charge is 0.389 e. The van der Waals surface area contributed by atoms with Crippen LogP contribution in [0.1, 0.15) is 18.4 Å². The fraction of sp³-hybridized carbons (Fsp3) is 0.500. The van der Waals surface area contributed by atoms with Crippen LogP contribution in [-0.2, 0) is 16.6 Å². The molecule has 21 heavy (non-hydrogen) atoms. The highest BCUT2D eigenvalue weighted by Crippen LogP contribution is 2.23. The van der Waals surface area contributed by atoms with Crippen LogP contribution in [0, 0.1) is 0 Å². The van der Waals surface area contributed by atoms with Gasteiger partial charge < -0.3 is 10.5 Å². The highest BCUT2D eigenvalue weighted by molar-refractivity contribution is 7.89. The van der Waals surface area contributed by atoms with E-state index in [1.54, 1.807) is 0 Å². The summed E-state index contributed by atoms with van der Waals surface area (Å²) in [7, 11) is -2.44. The molecule has 0 saturated heterocycles. The van der Waals surface area contributed by atoms with Gasteiger partial charge >= 0.3 is 6.18 Å². The summed E-state index contributed by atoms with van der Waals surface area (Å²) in [4.78, 5) is -0.0595. The number of sulfonamides is 1. The number of benzene rings is 1. The second-order valence-corrected chi connectivity index (χ2v) is 6.06. The summed E-state index contributed by atoms with van der Waals surface area (Å²) in [5, 5.41) is 0. The molecule has 0 aliphatic rings. The maximum atomic E-state index is 12.0. The van der Waals surface area contributed by atoms with Crippen LogP contribution in [0.5, 0.6) is 5.75 Å². The number of alkyl halides is 3. The Bertz CT molecular complexity index is 574. The molecule has 0 fully saturated rings. The lowest BCUT2D eigenvalue weighted by molar-refractivity contribution is -0.135. The van der Waals surface area contributed by atoms with Crippen molar-refractivity contribution in [1.29, 1.82) is 0 Å². The summed E-state index contributed by atoms with van der Waals surface area (Å²) in [6.45, 7) is -0.202. The van der Waals surface area contributed by atoms with E-state index in [1.807, 2.05) is 0 Å². The monoisotopic (exact) mass is 326 g/mol. The Morgan fingerprint density at radius 2 is 2.00 bits per heavy atom. The first-order valence-electron chi connectivity index (χ1n) is 6.13. The van der Waals surface area contributed by atoms with Crippen LogP contribution in [-0.4, -0.2) is 28.2 Å². The van der Waals surface area contributed by atoms with Gasteiger partial charge in [-0.05, 0) is 24.6 Å². The maximum absolute atomic E-state index is 12.0. The van der Waals surface area contributed by atoms with Crippen LogP contribution in [0.3, 0.4) is 0 Å². The Hall–Kier alpha value is -1.32. The van der Waals surface area contributed by atoms with Gasteiger partial charge in [-0.25, -0.2) is 13.1 Å². The minimum Gasteiger partial charge on any atom is -0.496 e. The van der Waals surface area contributed by atoms with Gasteiger partial charge in [0.15, 0.2) is 0 Å². The molecule has 5 nitrogen and oxygen atoms in total. The van der Waals surface area contributed by atoms with Crippen LogP contribution < -0.4 is 15.2 Å². The lowest BCUT2D eigenvalue weighted by Gasteiger charge is -2.11. The van der Waals surface area contributed by atoms with E-state index in [2.05, 4.69) is 4.72 Å². The lowest BCUT2D eigenvalue weighted by atomic mass is 10.2. The third-order valence-electron chi connectivity index (χ3n) is 2.71. The summed E-state index contributed by atoms with van der Waals surface area (Å²) in [6.07, 6.45) is -5.65. The normalized spacial score (nSPS) is 12.4. The largest absolute Gasteiger partial charge is 0.496 e. The number of ether oxygens (including phenoxy) is 1. The predicted molar refractivity (Wildman–Crippen MR) is 71.4 cm³/mol. The summed E-state index contributed by atoms with van der Waals surface area (Å²) >= 11 is 0. The van der Waals surface area contributed by atoms with Crippen LogP contribution in [0.25, 0.3) is 0 Å². The van der Waals surface area contributed by atoms with E-state index in [9.17, 15) is 21.6 Å². The van der Waals surface area contributed by atoms with Crippen molar-refractivity contribution in [2.45, 2.75) is 30.5 Å². The molecule has 0 spiro atoms. The molecule has 0 aliphatic carbocycles. The van der Waals surface area contributed by atoms with E-state index in [0.717, 1.165) is 0 Å². The molecule has 0 bridgehead atoms. The van der Waals surface area contributed by atoms with Crippen LogP contribution in [0.2, 0.25) is 0 Å². The van der Waals surface area contributed by atoms with Crippen LogP contribution in [0.15, 0.2) is 23.1 Å². The molecule has 0 heterocycles. The van der Waals surface area contributed by atoms with E-state index >= 15 is 0 Å². The molecule has 1 aromatic carbocycles. The number of rotatable bonds is 7. The van der Waals surface area contributed by atoms with Gasteiger partial charge in [0.2, 0.25) is 10.0 Å². The fourth-order valence-electron chi connectivity index (χ4n) is 1.66. The predicted octanol–water partition coefficient (Wildman–Crippen LogP) is 1.77. The molecule has 0 aromatic heterocycles. The molecule has 0 atom stereocenters. The van der Waals surface area contributed by atoms with Crippen molar-refractivity contribution in [3.05, 3.63) is 23.8 Å². The van der Waals surface area contributed by atoms with Gasteiger partial charge in [-0.2, -0.15) is 13.2 Å². The van der Waals surface area contributed by atoms with Crippen molar-refractivity contribution in [2.24, 2.45) is 5.73 Å². The van der Waals surface area contributed by atoms with E-state index in [-0.39, 0.29) is 24.4 Å². The first-order chi connectivity index (χ1) is 9.69. The number of nitrogens with one attached hydrogen (secondary N) is 1. The maximum Gasteiger partial charge on any atom is 0.389 e. The van der Waals surface area contributed by atoms with Crippen LogP contribution in [0.4, 0.5) is 13.2 Å². The fourth-order valence-corrected chi connectivity index (χ4v) is 2.78. The second kappa shape index (κ2) is 7.10. The highest BCUT2D eigenvalue weighted by atomic mass is 32.2. The van der Waals surface area contributed by atoms with Gasteiger partial charge in [-0.3, -0.25) is 0 Å². The minimum absolute atomic E-state index is 0.0595. The van der Waals surface area contributed by atoms with Gasteiger partial charge in [0.05, 0.1) is 12.0 Å². The zero-order valence-corrected chi connectivity index (χ0v) is 12.2. The SMILES string of the molecule is COc1ccc(S(=O)(=O)NCCCC(F)(F)F)cc1CN. The summed E-state index contributed by atoms with van der Waals surface area (Å²) in [6, 6.07) is 4.10. The number of nitrogens with two attached hydrogens (primary N) is 1. The molecule has 120 valence electrons. The topological polar surface area (TPSA) is 81.4 Å². The van der Waals surface area contributed by atoms with Gasteiger partial charge in [0.25, 0.3) is 0 Å². The molecule has 0 aliphatic heterocycles. The Kier molecular flexibility index (Phi) is 5.99. The number of hydrogen-bond donors (Lipinski definition) is 2. The summed E-state index contributed by atoms with van der Waals surface area (Å²) in [5.41, 5.74) is 5.98. The lowest BCUT2D eigenvalue weighted by Crippen LogP contribution is -2.26. The zero-order chi connectivity index (χ0) is 16.1. The van der Waals surface area contributed by atoms with Crippen LogP contribution >= 0.6 is 0 Å². The third kappa shape index (κ3) is 5.52.